The maximum Gasteiger partial charge on any atom is 0.348 e. The molecule has 18 heavy (non-hydrogen) atoms. The highest BCUT2D eigenvalue weighted by molar-refractivity contribution is 7.07. The van der Waals surface area contributed by atoms with Crippen LogP contribution in [0.2, 0.25) is 0 Å². The molecule has 3 aromatic rings. The summed E-state index contributed by atoms with van der Waals surface area (Å²) in [5, 5.41) is 13.7. The molecule has 6 nitrogen and oxygen atoms in total. The number of hydrogen-bond acceptors (Lipinski definition) is 5. The SMILES string of the molecule is CC(Nc1cc2n[nH]c(=O)n2cn1)c1ccsc1. The molecule has 1 atom stereocenters. The Morgan fingerprint density at radius 3 is 3.22 bits per heavy atom. The fraction of sp³-hybridized carbons (Fsp3) is 0.182. The Morgan fingerprint density at radius 1 is 1.56 bits per heavy atom. The second-order valence-electron chi connectivity index (χ2n) is 3.95. The summed E-state index contributed by atoms with van der Waals surface area (Å²) in [4.78, 5) is 15.5. The number of rotatable bonds is 3. The van der Waals surface area contributed by atoms with E-state index in [2.05, 4.69) is 38.9 Å². The molecule has 0 aliphatic rings. The van der Waals surface area contributed by atoms with E-state index in [4.69, 9.17) is 0 Å². The molecule has 3 aromatic heterocycles. The smallest absolute Gasteiger partial charge is 0.348 e. The Morgan fingerprint density at radius 2 is 2.44 bits per heavy atom. The molecule has 3 rings (SSSR count). The summed E-state index contributed by atoms with van der Waals surface area (Å²) in [5.74, 6) is 0.695. The van der Waals surface area contributed by atoms with Gasteiger partial charge in [-0.3, -0.25) is 0 Å². The van der Waals surface area contributed by atoms with Crippen LogP contribution in [0.25, 0.3) is 5.65 Å². The maximum atomic E-state index is 11.3. The van der Waals surface area contributed by atoms with Crippen LogP contribution in [0, 0.1) is 0 Å². The van der Waals surface area contributed by atoms with Crippen LogP contribution in [0.4, 0.5) is 5.82 Å². The van der Waals surface area contributed by atoms with E-state index in [0.29, 0.717) is 11.5 Å². The zero-order chi connectivity index (χ0) is 12.5. The molecule has 2 N–H and O–H groups in total. The first-order chi connectivity index (χ1) is 8.74. The van der Waals surface area contributed by atoms with Crippen molar-refractivity contribution in [3.05, 3.63) is 45.3 Å². The fourth-order valence-electron chi connectivity index (χ4n) is 1.72. The number of aromatic amines is 1. The van der Waals surface area contributed by atoms with E-state index in [1.54, 1.807) is 17.4 Å². The minimum atomic E-state index is -0.282. The number of aromatic nitrogens is 4. The molecule has 92 valence electrons. The van der Waals surface area contributed by atoms with Crippen LogP contribution in [-0.4, -0.2) is 19.6 Å². The molecule has 0 radical (unpaired) electrons. The van der Waals surface area contributed by atoms with Gasteiger partial charge < -0.3 is 5.32 Å². The summed E-state index contributed by atoms with van der Waals surface area (Å²) in [6.07, 6.45) is 1.46. The van der Waals surface area contributed by atoms with Gasteiger partial charge in [0, 0.05) is 6.07 Å². The molecule has 3 heterocycles. The molecule has 0 aliphatic heterocycles. The van der Waals surface area contributed by atoms with Crippen LogP contribution < -0.4 is 11.0 Å². The predicted molar refractivity (Wildman–Crippen MR) is 70.0 cm³/mol. The Bertz CT molecular complexity index is 714. The van der Waals surface area contributed by atoms with Crippen LogP contribution >= 0.6 is 11.3 Å². The molecule has 0 bridgehead atoms. The van der Waals surface area contributed by atoms with E-state index in [-0.39, 0.29) is 11.7 Å². The summed E-state index contributed by atoms with van der Waals surface area (Å²) in [6, 6.07) is 3.97. The zero-order valence-electron chi connectivity index (χ0n) is 9.62. The van der Waals surface area contributed by atoms with Crippen molar-refractivity contribution >= 4 is 22.8 Å². The zero-order valence-corrected chi connectivity index (χ0v) is 10.4. The van der Waals surface area contributed by atoms with Crippen LogP contribution in [0.15, 0.2) is 34.0 Å². The topological polar surface area (TPSA) is 75.1 Å². The van der Waals surface area contributed by atoms with Gasteiger partial charge in [-0.2, -0.15) is 16.4 Å². The van der Waals surface area contributed by atoms with Crippen molar-refractivity contribution in [2.45, 2.75) is 13.0 Å². The minimum Gasteiger partial charge on any atom is -0.363 e. The molecule has 0 spiro atoms. The maximum absolute atomic E-state index is 11.3. The lowest BCUT2D eigenvalue weighted by Crippen LogP contribution is -2.11. The molecular formula is C11H11N5OS. The summed E-state index contributed by atoms with van der Waals surface area (Å²) in [6.45, 7) is 2.06. The summed E-state index contributed by atoms with van der Waals surface area (Å²) >= 11 is 1.66. The van der Waals surface area contributed by atoms with E-state index >= 15 is 0 Å². The van der Waals surface area contributed by atoms with Crippen molar-refractivity contribution in [1.82, 2.24) is 19.6 Å². The molecule has 0 saturated heterocycles. The average molecular weight is 261 g/mol. The Hall–Kier alpha value is -2.15. The Kier molecular flexibility index (Phi) is 2.60. The fourth-order valence-corrected chi connectivity index (χ4v) is 2.47. The van der Waals surface area contributed by atoms with E-state index < -0.39 is 0 Å². The summed E-state index contributed by atoms with van der Waals surface area (Å²) in [5.41, 5.74) is 1.48. The minimum absolute atomic E-state index is 0.164. The quantitative estimate of drug-likeness (QED) is 0.751. The van der Waals surface area contributed by atoms with E-state index in [9.17, 15) is 4.79 Å². The molecule has 0 aromatic carbocycles. The van der Waals surface area contributed by atoms with Gasteiger partial charge in [0.15, 0.2) is 5.65 Å². The second-order valence-corrected chi connectivity index (χ2v) is 4.73. The molecule has 0 amide bonds. The molecule has 1 unspecified atom stereocenters. The number of anilines is 1. The Labute approximate surface area is 106 Å². The van der Waals surface area contributed by atoms with Crippen molar-refractivity contribution in [2.75, 3.05) is 5.32 Å². The first-order valence-corrected chi connectivity index (χ1v) is 6.40. The third-order valence-corrected chi connectivity index (χ3v) is 3.42. The van der Waals surface area contributed by atoms with E-state index in [1.807, 2.05) is 5.38 Å². The van der Waals surface area contributed by atoms with Gasteiger partial charge in [-0.25, -0.2) is 19.3 Å². The van der Waals surface area contributed by atoms with E-state index in [1.165, 1.54) is 16.3 Å². The van der Waals surface area contributed by atoms with Crippen molar-refractivity contribution in [2.24, 2.45) is 0 Å². The first kappa shape index (κ1) is 11.0. The highest BCUT2D eigenvalue weighted by atomic mass is 32.1. The summed E-state index contributed by atoms with van der Waals surface area (Å²) in [7, 11) is 0. The largest absolute Gasteiger partial charge is 0.363 e. The van der Waals surface area contributed by atoms with Crippen LogP contribution in [0.5, 0.6) is 0 Å². The van der Waals surface area contributed by atoms with Gasteiger partial charge in [0.2, 0.25) is 0 Å². The normalized spacial score (nSPS) is 12.7. The summed E-state index contributed by atoms with van der Waals surface area (Å²) < 4.78 is 1.36. The molecular weight excluding hydrogens is 250 g/mol. The third-order valence-electron chi connectivity index (χ3n) is 2.72. The lowest BCUT2D eigenvalue weighted by Gasteiger charge is -2.12. The number of hydrogen-bond donors (Lipinski definition) is 2. The van der Waals surface area contributed by atoms with Crippen molar-refractivity contribution in [1.29, 1.82) is 0 Å². The van der Waals surface area contributed by atoms with Crippen molar-refractivity contribution in [3.8, 4) is 0 Å². The highest BCUT2D eigenvalue weighted by Gasteiger charge is 2.08. The van der Waals surface area contributed by atoms with Gasteiger partial charge >= 0.3 is 5.69 Å². The second kappa shape index (κ2) is 4.26. The number of H-pyrrole nitrogens is 1. The van der Waals surface area contributed by atoms with Gasteiger partial charge in [0.05, 0.1) is 6.04 Å². The number of thiophene rings is 1. The van der Waals surface area contributed by atoms with Crippen LogP contribution in [0.1, 0.15) is 18.5 Å². The van der Waals surface area contributed by atoms with E-state index in [0.717, 1.165) is 0 Å². The van der Waals surface area contributed by atoms with Crippen molar-refractivity contribution in [3.63, 3.8) is 0 Å². The van der Waals surface area contributed by atoms with Gasteiger partial charge in [-0.1, -0.05) is 0 Å². The molecule has 7 heteroatoms. The lowest BCUT2D eigenvalue weighted by molar-refractivity contribution is 0.874. The lowest BCUT2D eigenvalue weighted by atomic mass is 10.2. The Balaban J connectivity index is 1.89. The third kappa shape index (κ3) is 1.88. The molecule has 0 saturated carbocycles. The molecule has 0 aliphatic carbocycles. The van der Waals surface area contributed by atoms with Gasteiger partial charge in [-0.15, -0.1) is 0 Å². The monoisotopic (exact) mass is 261 g/mol. The first-order valence-electron chi connectivity index (χ1n) is 5.45. The number of nitrogens with zero attached hydrogens (tertiary/aromatic N) is 3. The van der Waals surface area contributed by atoms with Crippen LogP contribution in [0.3, 0.4) is 0 Å². The van der Waals surface area contributed by atoms with Crippen molar-refractivity contribution < 1.29 is 0 Å². The predicted octanol–water partition coefficient (Wildman–Crippen LogP) is 1.65. The van der Waals surface area contributed by atoms with Gasteiger partial charge in [0.1, 0.15) is 12.1 Å². The van der Waals surface area contributed by atoms with Gasteiger partial charge in [0.25, 0.3) is 0 Å². The number of fused-ring (bicyclic) bond motifs is 1. The molecule has 0 fully saturated rings. The number of nitrogens with one attached hydrogen (secondary N) is 2. The van der Waals surface area contributed by atoms with Gasteiger partial charge in [-0.05, 0) is 29.3 Å². The average Bonchev–Trinajstić information content (AvgIpc) is 2.99. The van der Waals surface area contributed by atoms with Crippen LogP contribution in [-0.2, 0) is 0 Å². The highest BCUT2D eigenvalue weighted by Crippen LogP contribution is 2.20. The standard InChI is InChI=1S/C11H11N5OS/c1-7(8-2-3-18-5-8)13-9-4-10-14-15-11(17)16(10)6-12-9/h2-7,13H,1H3,(H,15,17).